The summed E-state index contributed by atoms with van der Waals surface area (Å²) in [4.78, 5) is 0. The van der Waals surface area contributed by atoms with Crippen molar-refractivity contribution in [3.8, 4) is 11.3 Å². The van der Waals surface area contributed by atoms with E-state index in [1.165, 1.54) is 6.07 Å². The van der Waals surface area contributed by atoms with Crippen molar-refractivity contribution in [3.05, 3.63) is 41.6 Å². The van der Waals surface area contributed by atoms with Gasteiger partial charge >= 0.3 is 0 Å². The minimum absolute atomic E-state index is 0.567. The highest BCUT2D eigenvalue weighted by molar-refractivity contribution is 5.59. The van der Waals surface area contributed by atoms with E-state index in [1.807, 2.05) is 0 Å². The van der Waals surface area contributed by atoms with Crippen LogP contribution in [-0.4, -0.2) is 9.78 Å². The third-order valence-corrected chi connectivity index (χ3v) is 2.12. The third kappa shape index (κ3) is 1.75. The first-order valence-electron chi connectivity index (χ1n) is 4.46. The van der Waals surface area contributed by atoms with Gasteiger partial charge in [-0.1, -0.05) is 0 Å². The van der Waals surface area contributed by atoms with E-state index in [9.17, 15) is 8.78 Å². The zero-order valence-electron chi connectivity index (χ0n) is 8.38. The van der Waals surface area contributed by atoms with Crippen LogP contribution >= 0.6 is 0 Å². The summed E-state index contributed by atoms with van der Waals surface area (Å²) in [6.07, 6.45) is 0. The molecule has 1 heterocycles. The summed E-state index contributed by atoms with van der Waals surface area (Å²) in [5.74, 6) is -1.71. The van der Waals surface area contributed by atoms with Gasteiger partial charge in [-0.25, -0.2) is 8.78 Å². The van der Waals surface area contributed by atoms with E-state index in [2.05, 4.69) is 11.2 Å². The van der Waals surface area contributed by atoms with Gasteiger partial charge in [-0.15, -0.1) is 0 Å². The lowest BCUT2D eigenvalue weighted by Crippen LogP contribution is -1.94. The molecule has 0 fully saturated rings. The predicted molar refractivity (Wildman–Crippen MR) is 52.1 cm³/mol. The van der Waals surface area contributed by atoms with Gasteiger partial charge in [0.15, 0.2) is 11.6 Å². The van der Waals surface area contributed by atoms with Crippen molar-refractivity contribution in [1.29, 1.82) is 0 Å². The summed E-state index contributed by atoms with van der Waals surface area (Å²) in [7, 11) is 1.74. The second-order valence-electron chi connectivity index (χ2n) is 3.31. The van der Waals surface area contributed by atoms with Crippen molar-refractivity contribution >= 4 is 0 Å². The van der Waals surface area contributed by atoms with Gasteiger partial charge in [0.25, 0.3) is 0 Å². The van der Waals surface area contributed by atoms with Crippen molar-refractivity contribution in [2.24, 2.45) is 7.05 Å². The Hall–Kier alpha value is -1.71. The summed E-state index contributed by atoms with van der Waals surface area (Å²) >= 11 is 0. The molecule has 0 atom stereocenters. The van der Waals surface area contributed by atoms with E-state index in [-0.39, 0.29) is 0 Å². The Morgan fingerprint density at radius 1 is 1.27 bits per heavy atom. The molecular weight excluding hydrogens is 198 g/mol. The maximum atomic E-state index is 13.0. The molecule has 2 rings (SSSR count). The Bertz CT molecular complexity index is 503. The molecule has 0 spiro atoms. The minimum Gasteiger partial charge on any atom is -0.267 e. The van der Waals surface area contributed by atoms with Crippen LogP contribution in [0.4, 0.5) is 8.78 Å². The summed E-state index contributed by atoms with van der Waals surface area (Å²) < 4.78 is 27.3. The van der Waals surface area contributed by atoms with Crippen LogP contribution in [0, 0.1) is 24.6 Å². The largest absolute Gasteiger partial charge is 0.267 e. The molecule has 0 bridgehead atoms. The van der Waals surface area contributed by atoms with Crippen molar-refractivity contribution in [3.63, 3.8) is 0 Å². The number of benzene rings is 1. The van der Waals surface area contributed by atoms with Gasteiger partial charge < -0.3 is 0 Å². The Morgan fingerprint density at radius 3 is 2.53 bits per heavy atom. The van der Waals surface area contributed by atoms with E-state index >= 15 is 0 Å². The van der Waals surface area contributed by atoms with E-state index in [0.717, 1.165) is 17.8 Å². The molecule has 0 aliphatic heterocycles. The monoisotopic (exact) mass is 207 g/mol. The molecule has 1 aromatic heterocycles. The lowest BCUT2D eigenvalue weighted by Gasteiger charge is -2.01. The minimum atomic E-state index is -0.861. The lowest BCUT2D eigenvalue weighted by molar-refractivity contribution is 0.509. The van der Waals surface area contributed by atoms with Crippen molar-refractivity contribution in [2.45, 2.75) is 6.92 Å². The number of halogens is 2. The number of aromatic nitrogens is 2. The van der Waals surface area contributed by atoms with Gasteiger partial charge in [-0.2, -0.15) is 5.10 Å². The van der Waals surface area contributed by atoms with Crippen LogP contribution in [0.1, 0.15) is 5.69 Å². The van der Waals surface area contributed by atoms with Gasteiger partial charge in [-0.3, -0.25) is 4.68 Å². The van der Waals surface area contributed by atoms with Crippen LogP contribution in [0.3, 0.4) is 0 Å². The Kier molecular flexibility index (Phi) is 2.26. The number of aryl methyl sites for hydroxylation is 2. The van der Waals surface area contributed by atoms with Gasteiger partial charge in [0.05, 0.1) is 11.4 Å². The average Bonchev–Trinajstić information content (AvgIpc) is 2.50. The molecule has 1 aromatic carbocycles. The molecule has 1 radical (unpaired) electrons. The van der Waals surface area contributed by atoms with Gasteiger partial charge in [-0.05, 0) is 25.1 Å². The van der Waals surface area contributed by atoms with Crippen LogP contribution in [0.15, 0.2) is 18.2 Å². The summed E-state index contributed by atoms with van der Waals surface area (Å²) in [5, 5.41) is 4.08. The highest BCUT2D eigenvalue weighted by atomic mass is 19.2. The third-order valence-electron chi connectivity index (χ3n) is 2.12. The molecule has 0 saturated carbocycles. The zero-order chi connectivity index (χ0) is 11.0. The van der Waals surface area contributed by atoms with Crippen LogP contribution < -0.4 is 0 Å². The predicted octanol–water partition coefficient (Wildman–Crippen LogP) is 2.47. The molecule has 0 saturated heterocycles. The summed E-state index contributed by atoms with van der Waals surface area (Å²) in [5.41, 5.74) is 1.93. The highest BCUT2D eigenvalue weighted by Gasteiger charge is 2.08. The molecule has 2 nitrogen and oxygen atoms in total. The van der Waals surface area contributed by atoms with Crippen molar-refractivity contribution in [1.82, 2.24) is 9.78 Å². The van der Waals surface area contributed by atoms with Crippen molar-refractivity contribution in [2.75, 3.05) is 0 Å². The number of hydrogen-bond donors (Lipinski definition) is 0. The number of nitrogens with zero attached hydrogens (tertiary/aromatic N) is 2. The van der Waals surface area contributed by atoms with Crippen LogP contribution in [0.2, 0.25) is 0 Å². The van der Waals surface area contributed by atoms with E-state index in [1.54, 1.807) is 18.7 Å². The normalized spacial score (nSPS) is 10.7. The highest BCUT2D eigenvalue weighted by Crippen LogP contribution is 2.21. The molecule has 0 unspecified atom stereocenters. The fraction of sp³-hybridized carbons (Fsp3) is 0.182. The Balaban J connectivity index is 2.54. The van der Waals surface area contributed by atoms with Gasteiger partial charge in [0, 0.05) is 18.7 Å². The van der Waals surface area contributed by atoms with Crippen LogP contribution in [0.5, 0.6) is 0 Å². The van der Waals surface area contributed by atoms with Crippen molar-refractivity contribution < 1.29 is 8.78 Å². The van der Waals surface area contributed by atoms with E-state index < -0.39 is 11.6 Å². The Labute approximate surface area is 86.2 Å². The maximum absolute atomic E-state index is 13.0. The van der Waals surface area contributed by atoms with E-state index in [4.69, 9.17) is 0 Å². The summed E-state index contributed by atoms with van der Waals surface area (Å²) in [6.45, 7) is 1.80. The van der Waals surface area contributed by atoms with Gasteiger partial charge in [0.1, 0.15) is 0 Å². The van der Waals surface area contributed by atoms with Gasteiger partial charge in [0.2, 0.25) is 0 Å². The first kappa shape index (κ1) is 9.83. The standard InChI is InChI=1S/C11H9F2N2/c1-7-5-11(15(2)14-7)8-3-4-9(12)10(13)6-8/h3-4,6H,1-2H3. The molecule has 0 aliphatic rings. The first-order chi connectivity index (χ1) is 7.08. The molecule has 77 valence electrons. The Morgan fingerprint density at radius 2 is 2.00 bits per heavy atom. The fourth-order valence-electron chi connectivity index (χ4n) is 1.45. The summed E-state index contributed by atoms with van der Waals surface area (Å²) in [6, 6.07) is 6.71. The molecular formula is C11H9F2N2. The quantitative estimate of drug-likeness (QED) is 0.702. The average molecular weight is 207 g/mol. The fourth-order valence-corrected chi connectivity index (χ4v) is 1.45. The molecule has 2 aromatic rings. The molecule has 15 heavy (non-hydrogen) atoms. The first-order valence-corrected chi connectivity index (χ1v) is 4.46. The molecule has 0 aliphatic carbocycles. The zero-order valence-corrected chi connectivity index (χ0v) is 8.38. The van der Waals surface area contributed by atoms with E-state index in [0.29, 0.717) is 11.3 Å². The topological polar surface area (TPSA) is 17.8 Å². The second kappa shape index (κ2) is 3.46. The molecule has 4 heteroatoms. The lowest BCUT2D eigenvalue weighted by atomic mass is 10.1. The van der Waals surface area contributed by atoms with Crippen LogP contribution in [-0.2, 0) is 7.05 Å². The SMILES string of the molecule is Cc1[c]c(-c2ccc(F)c(F)c2)n(C)n1. The smallest absolute Gasteiger partial charge is 0.159 e. The number of rotatable bonds is 1. The second-order valence-corrected chi connectivity index (χ2v) is 3.31. The molecule has 0 N–H and O–H groups in total. The van der Waals surface area contributed by atoms with Crippen LogP contribution in [0.25, 0.3) is 11.3 Å². The molecule has 0 amide bonds. The number of hydrogen-bond acceptors (Lipinski definition) is 1. The maximum Gasteiger partial charge on any atom is 0.159 e.